The molecular weight excluding hydrogens is 572 g/mol. The van der Waals surface area contributed by atoms with Crippen molar-refractivity contribution in [2.75, 3.05) is 4.90 Å². The van der Waals surface area contributed by atoms with E-state index in [9.17, 15) is 0 Å². The van der Waals surface area contributed by atoms with Crippen LogP contribution in [-0.2, 0) is 0 Å². The third-order valence-electron chi connectivity index (χ3n) is 8.21. The van der Waals surface area contributed by atoms with E-state index >= 15 is 0 Å². The third kappa shape index (κ3) is 4.50. The van der Waals surface area contributed by atoms with Gasteiger partial charge in [0.25, 0.3) is 0 Å². The summed E-state index contributed by atoms with van der Waals surface area (Å²) in [5.41, 5.74) is 12.8. The Morgan fingerprint density at radius 1 is 0.457 bits per heavy atom. The van der Waals surface area contributed by atoms with Crippen molar-refractivity contribution in [3.8, 4) is 33.7 Å². The van der Waals surface area contributed by atoms with Crippen molar-refractivity contribution < 1.29 is 13.3 Å². The number of anilines is 3. The van der Waals surface area contributed by atoms with Crippen molar-refractivity contribution in [3.05, 3.63) is 146 Å². The lowest BCUT2D eigenvalue weighted by Gasteiger charge is -2.26. The summed E-state index contributed by atoms with van der Waals surface area (Å²) in [5.74, 6) is 0.589. The highest BCUT2D eigenvalue weighted by atomic mass is 16.3. The van der Waals surface area contributed by atoms with Crippen LogP contribution in [-0.4, -0.2) is 15.0 Å². The van der Waals surface area contributed by atoms with Crippen LogP contribution in [0, 0.1) is 0 Å². The number of benzene rings is 6. The molecule has 0 amide bonds. The molecule has 0 radical (unpaired) electrons. The summed E-state index contributed by atoms with van der Waals surface area (Å²) in [5, 5.41) is 0. The number of rotatable bonds is 6. The van der Waals surface area contributed by atoms with Crippen LogP contribution in [0.4, 0.5) is 17.1 Å². The van der Waals surface area contributed by atoms with Gasteiger partial charge in [-0.2, -0.15) is 0 Å². The van der Waals surface area contributed by atoms with Gasteiger partial charge in [-0.25, -0.2) is 15.0 Å². The van der Waals surface area contributed by atoms with E-state index in [2.05, 4.69) is 87.7 Å². The zero-order valence-corrected chi connectivity index (χ0v) is 24.4. The topological polar surface area (TPSA) is 81.3 Å². The van der Waals surface area contributed by atoms with Crippen LogP contribution in [0.1, 0.15) is 0 Å². The molecule has 0 saturated heterocycles. The lowest BCUT2D eigenvalue weighted by molar-refractivity contribution is 0.602. The highest BCUT2D eigenvalue weighted by Crippen LogP contribution is 2.40. The Morgan fingerprint density at radius 3 is 2.02 bits per heavy atom. The molecule has 3 heterocycles. The first-order valence-electron chi connectivity index (χ1n) is 14.9. The highest BCUT2D eigenvalue weighted by molar-refractivity contribution is 5.92. The monoisotopic (exact) mass is 596 g/mol. The smallest absolute Gasteiger partial charge is 0.227 e. The Balaban J connectivity index is 1.17. The number of para-hydroxylation sites is 3. The van der Waals surface area contributed by atoms with Crippen LogP contribution in [0.3, 0.4) is 0 Å². The third-order valence-corrected chi connectivity index (χ3v) is 8.21. The van der Waals surface area contributed by atoms with Gasteiger partial charge in [0, 0.05) is 28.2 Å². The Hall–Kier alpha value is -6.47. The molecule has 9 aromatic rings. The molecule has 0 fully saturated rings. The van der Waals surface area contributed by atoms with Gasteiger partial charge >= 0.3 is 0 Å². The number of aromatic nitrogens is 3. The first kappa shape index (κ1) is 26.0. The SMILES string of the molecule is c1cc(-c2ccc3ncoc3c2)cc(N(c2ccc(-c3nc4ccccc4o3)cc2)c2cccc(-c3cccc4ncoc34)c2)c1. The molecule has 0 N–H and O–H groups in total. The summed E-state index contributed by atoms with van der Waals surface area (Å²) >= 11 is 0. The lowest BCUT2D eigenvalue weighted by Crippen LogP contribution is -2.10. The van der Waals surface area contributed by atoms with E-state index < -0.39 is 0 Å². The number of hydrogen-bond acceptors (Lipinski definition) is 7. The fourth-order valence-electron chi connectivity index (χ4n) is 5.98. The van der Waals surface area contributed by atoms with Gasteiger partial charge in [-0.3, -0.25) is 0 Å². The van der Waals surface area contributed by atoms with Crippen LogP contribution in [0.15, 0.2) is 159 Å². The van der Waals surface area contributed by atoms with Crippen LogP contribution >= 0.6 is 0 Å². The standard InChI is InChI=1S/C39H24N4O3/c1-2-13-36-34(11-1)42-39(46-36)25-14-17-29(18-15-25)43(30-8-3-6-26(20-30)27-16-19-33-37(22-27)44-23-40-33)31-9-4-7-28(21-31)32-10-5-12-35-38(32)45-24-41-35/h1-24H. The molecule has 0 saturated carbocycles. The fourth-order valence-corrected chi connectivity index (χ4v) is 5.98. The number of fused-ring (bicyclic) bond motifs is 3. The average molecular weight is 597 g/mol. The second kappa shape index (κ2) is 10.6. The molecule has 0 bridgehead atoms. The van der Waals surface area contributed by atoms with Gasteiger partial charge in [-0.05, 0) is 95.6 Å². The van der Waals surface area contributed by atoms with Gasteiger partial charge in [0.2, 0.25) is 5.89 Å². The summed E-state index contributed by atoms with van der Waals surface area (Å²) in [6, 6.07) is 45.2. The van der Waals surface area contributed by atoms with Crippen molar-refractivity contribution in [3.63, 3.8) is 0 Å². The summed E-state index contributed by atoms with van der Waals surface area (Å²) in [6.07, 6.45) is 2.97. The van der Waals surface area contributed by atoms with E-state index in [0.29, 0.717) is 5.89 Å². The van der Waals surface area contributed by atoms with Crippen LogP contribution < -0.4 is 4.90 Å². The normalized spacial score (nSPS) is 11.5. The highest BCUT2D eigenvalue weighted by Gasteiger charge is 2.17. The zero-order valence-electron chi connectivity index (χ0n) is 24.4. The van der Waals surface area contributed by atoms with Crippen molar-refractivity contribution in [1.82, 2.24) is 15.0 Å². The Labute approximate surface area is 263 Å². The van der Waals surface area contributed by atoms with Gasteiger partial charge in [0.1, 0.15) is 16.6 Å². The van der Waals surface area contributed by atoms with E-state index in [1.807, 2.05) is 60.7 Å². The maximum atomic E-state index is 6.06. The van der Waals surface area contributed by atoms with E-state index in [4.69, 9.17) is 18.2 Å². The quantitative estimate of drug-likeness (QED) is 0.189. The van der Waals surface area contributed by atoms with E-state index in [1.165, 1.54) is 12.8 Å². The molecule has 0 spiro atoms. The van der Waals surface area contributed by atoms with Crippen LogP contribution in [0.5, 0.6) is 0 Å². The molecule has 0 atom stereocenters. The summed E-state index contributed by atoms with van der Waals surface area (Å²) < 4.78 is 17.4. The first-order chi connectivity index (χ1) is 22.8. The minimum Gasteiger partial charge on any atom is -0.443 e. The number of oxazole rings is 3. The van der Waals surface area contributed by atoms with E-state index in [-0.39, 0.29) is 0 Å². The van der Waals surface area contributed by atoms with Gasteiger partial charge in [-0.15, -0.1) is 0 Å². The molecule has 6 aromatic carbocycles. The molecule has 218 valence electrons. The first-order valence-corrected chi connectivity index (χ1v) is 14.9. The number of nitrogens with zero attached hydrogens (tertiary/aromatic N) is 4. The molecule has 9 rings (SSSR count). The van der Waals surface area contributed by atoms with Crippen LogP contribution in [0.2, 0.25) is 0 Å². The Bertz CT molecular complexity index is 2470. The second-order valence-electron chi connectivity index (χ2n) is 11.0. The predicted molar refractivity (Wildman–Crippen MR) is 180 cm³/mol. The minimum absolute atomic E-state index is 0.589. The average Bonchev–Trinajstić information content (AvgIpc) is 3.88. The molecule has 46 heavy (non-hydrogen) atoms. The molecule has 0 aliphatic heterocycles. The zero-order chi connectivity index (χ0) is 30.5. The van der Waals surface area contributed by atoms with E-state index in [1.54, 1.807) is 0 Å². The Morgan fingerprint density at radius 2 is 1.15 bits per heavy atom. The van der Waals surface area contributed by atoms with Crippen molar-refractivity contribution in [2.24, 2.45) is 0 Å². The minimum atomic E-state index is 0.589. The summed E-state index contributed by atoms with van der Waals surface area (Å²) in [4.78, 5) is 15.6. The van der Waals surface area contributed by atoms with Crippen molar-refractivity contribution >= 4 is 50.4 Å². The second-order valence-corrected chi connectivity index (χ2v) is 11.0. The number of hydrogen-bond donors (Lipinski definition) is 0. The maximum absolute atomic E-state index is 6.06. The molecule has 7 nitrogen and oxygen atoms in total. The largest absolute Gasteiger partial charge is 0.443 e. The molecule has 0 unspecified atom stereocenters. The molecule has 0 aliphatic carbocycles. The predicted octanol–water partition coefficient (Wildman–Crippen LogP) is 10.6. The molecule has 3 aromatic heterocycles. The maximum Gasteiger partial charge on any atom is 0.227 e. The summed E-state index contributed by atoms with van der Waals surface area (Å²) in [7, 11) is 0. The fraction of sp³-hybridized carbons (Fsp3) is 0. The van der Waals surface area contributed by atoms with Crippen molar-refractivity contribution in [2.45, 2.75) is 0 Å². The van der Waals surface area contributed by atoms with Gasteiger partial charge in [-0.1, -0.05) is 54.6 Å². The van der Waals surface area contributed by atoms with Gasteiger partial charge in [0.15, 0.2) is 29.5 Å². The molecular formula is C39H24N4O3. The van der Waals surface area contributed by atoms with Crippen molar-refractivity contribution in [1.29, 1.82) is 0 Å². The van der Waals surface area contributed by atoms with Gasteiger partial charge < -0.3 is 18.2 Å². The van der Waals surface area contributed by atoms with Gasteiger partial charge in [0.05, 0.1) is 0 Å². The van der Waals surface area contributed by atoms with Crippen LogP contribution in [0.25, 0.3) is 67.0 Å². The lowest BCUT2D eigenvalue weighted by atomic mass is 10.0. The molecule has 7 heteroatoms. The molecule has 0 aliphatic rings. The summed E-state index contributed by atoms with van der Waals surface area (Å²) in [6.45, 7) is 0. The Kier molecular flexibility index (Phi) is 5.99. The van der Waals surface area contributed by atoms with E-state index in [0.717, 1.165) is 78.2 Å².